The van der Waals surface area contributed by atoms with Gasteiger partial charge in [0.25, 0.3) is 0 Å². The second-order valence-corrected chi connectivity index (χ2v) is 9.92. The minimum Gasteiger partial charge on any atom is -0.369 e. The number of hydrogen-bond acceptors (Lipinski definition) is 4. The molecule has 8 heteroatoms. The fourth-order valence-electron chi connectivity index (χ4n) is 4.02. The van der Waals surface area contributed by atoms with Crippen molar-refractivity contribution in [1.29, 1.82) is 0 Å². The highest BCUT2D eigenvalue weighted by Crippen LogP contribution is 2.26. The SMILES string of the molecule is Nc1ncc(-c2ccc(Br)cc2)n1CCCCCCCn1c(-c2ccc(Br)cc2)cnc1N. The Balaban J connectivity index is 1.24. The highest BCUT2D eigenvalue weighted by molar-refractivity contribution is 9.10. The Morgan fingerprint density at radius 1 is 0.576 bits per heavy atom. The van der Waals surface area contributed by atoms with E-state index in [4.69, 9.17) is 11.5 Å². The van der Waals surface area contributed by atoms with Crippen LogP contribution in [0, 0.1) is 0 Å². The molecule has 2 aromatic heterocycles. The number of hydrogen-bond donors (Lipinski definition) is 2. The van der Waals surface area contributed by atoms with Crippen molar-refractivity contribution >= 4 is 43.8 Å². The summed E-state index contributed by atoms with van der Waals surface area (Å²) < 4.78 is 6.35. The molecule has 2 heterocycles. The molecule has 0 saturated heterocycles. The van der Waals surface area contributed by atoms with Crippen LogP contribution in [0.25, 0.3) is 22.5 Å². The molecule has 0 aliphatic rings. The van der Waals surface area contributed by atoms with Gasteiger partial charge in [-0.05, 0) is 48.2 Å². The Morgan fingerprint density at radius 2 is 0.939 bits per heavy atom. The van der Waals surface area contributed by atoms with E-state index in [1.54, 1.807) is 0 Å². The summed E-state index contributed by atoms with van der Waals surface area (Å²) in [4.78, 5) is 8.65. The van der Waals surface area contributed by atoms with Crippen molar-refractivity contribution in [3.8, 4) is 22.5 Å². The number of anilines is 2. The molecule has 4 aromatic rings. The quantitative estimate of drug-likeness (QED) is 0.206. The van der Waals surface area contributed by atoms with Crippen molar-refractivity contribution in [2.45, 2.75) is 45.2 Å². The first-order valence-corrected chi connectivity index (χ1v) is 12.8. The normalized spacial score (nSPS) is 11.2. The third-order valence-corrected chi connectivity index (χ3v) is 6.87. The van der Waals surface area contributed by atoms with Crippen molar-refractivity contribution in [3.63, 3.8) is 0 Å². The zero-order chi connectivity index (χ0) is 23.2. The number of unbranched alkanes of at least 4 members (excludes halogenated alkanes) is 4. The van der Waals surface area contributed by atoms with Gasteiger partial charge in [0.05, 0.1) is 23.8 Å². The first-order chi connectivity index (χ1) is 16.0. The number of benzene rings is 2. The number of rotatable bonds is 10. The number of nitrogens with two attached hydrogens (primary N) is 2. The van der Waals surface area contributed by atoms with Crippen LogP contribution in [0.2, 0.25) is 0 Å². The number of nitrogen functional groups attached to an aromatic ring is 2. The van der Waals surface area contributed by atoms with Crippen LogP contribution >= 0.6 is 31.9 Å². The molecule has 0 radical (unpaired) electrons. The van der Waals surface area contributed by atoms with Gasteiger partial charge < -0.3 is 20.6 Å². The maximum atomic E-state index is 6.13. The third-order valence-electron chi connectivity index (χ3n) is 5.82. The minimum atomic E-state index is 0.573. The molecule has 172 valence electrons. The minimum absolute atomic E-state index is 0.573. The van der Waals surface area contributed by atoms with Gasteiger partial charge in [0.1, 0.15) is 0 Å². The van der Waals surface area contributed by atoms with Crippen LogP contribution in [-0.4, -0.2) is 19.1 Å². The van der Waals surface area contributed by atoms with E-state index in [2.05, 4.69) is 75.2 Å². The monoisotopic (exact) mass is 570 g/mol. The third kappa shape index (κ3) is 5.86. The lowest BCUT2D eigenvalue weighted by atomic mass is 10.1. The molecular weight excluding hydrogens is 544 g/mol. The number of halogens is 2. The Bertz CT molecular complexity index is 1090. The van der Waals surface area contributed by atoms with E-state index in [-0.39, 0.29) is 0 Å². The van der Waals surface area contributed by atoms with Gasteiger partial charge in [0.15, 0.2) is 0 Å². The summed E-state index contributed by atoms with van der Waals surface area (Å²) in [6.45, 7) is 1.75. The van der Waals surface area contributed by atoms with Gasteiger partial charge in [-0.2, -0.15) is 0 Å². The Hall–Kier alpha value is -2.58. The van der Waals surface area contributed by atoms with Gasteiger partial charge >= 0.3 is 0 Å². The van der Waals surface area contributed by atoms with Gasteiger partial charge in [-0.1, -0.05) is 75.4 Å². The first kappa shape index (κ1) is 23.6. The molecule has 33 heavy (non-hydrogen) atoms. The fourth-order valence-corrected chi connectivity index (χ4v) is 4.55. The zero-order valence-electron chi connectivity index (χ0n) is 18.4. The molecule has 0 aliphatic heterocycles. The van der Waals surface area contributed by atoms with Crippen LogP contribution in [-0.2, 0) is 13.1 Å². The van der Waals surface area contributed by atoms with Crippen molar-refractivity contribution in [3.05, 3.63) is 69.9 Å². The molecule has 0 bridgehead atoms. The second kappa shape index (κ2) is 11.0. The summed E-state index contributed by atoms with van der Waals surface area (Å²) in [7, 11) is 0. The van der Waals surface area contributed by atoms with Gasteiger partial charge in [-0.15, -0.1) is 0 Å². The topological polar surface area (TPSA) is 87.7 Å². The molecule has 0 aliphatic carbocycles. The van der Waals surface area contributed by atoms with Crippen LogP contribution in [0.5, 0.6) is 0 Å². The number of imidazole rings is 2. The smallest absolute Gasteiger partial charge is 0.200 e. The molecule has 0 atom stereocenters. The van der Waals surface area contributed by atoms with Crippen molar-refractivity contribution < 1.29 is 0 Å². The molecule has 0 unspecified atom stereocenters. The number of nitrogens with zero attached hydrogens (tertiary/aromatic N) is 4. The molecule has 4 rings (SSSR count). The number of aromatic nitrogens is 4. The lowest BCUT2D eigenvalue weighted by Gasteiger charge is -2.11. The predicted octanol–water partition coefficient (Wildman–Crippen LogP) is 6.75. The molecular formula is C25H28Br2N6. The molecule has 0 fully saturated rings. The van der Waals surface area contributed by atoms with E-state index >= 15 is 0 Å². The van der Waals surface area contributed by atoms with E-state index in [9.17, 15) is 0 Å². The van der Waals surface area contributed by atoms with Crippen LogP contribution in [0.1, 0.15) is 32.1 Å². The summed E-state index contributed by atoms with van der Waals surface area (Å²) in [5.74, 6) is 1.15. The maximum Gasteiger partial charge on any atom is 0.200 e. The van der Waals surface area contributed by atoms with Gasteiger partial charge in [-0.3, -0.25) is 0 Å². The summed E-state index contributed by atoms with van der Waals surface area (Å²) >= 11 is 6.98. The van der Waals surface area contributed by atoms with E-state index in [1.807, 2.05) is 36.7 Å². The van der Waals surface area contributed by atoms with E-state index in [1.165, 1.54) is 6.42 Å². The summed E-state index contributed by atoms with van der Waals surface area (Å²) in [5.41, 5.74) is 16.6. The van der Waals surface area contributed by atoms with Crippen molar-refractivity contribution in [2.75, 3.05) is 11.5 Å². The summed E-state index contributed by atoms with van der Waals surface area (Å²) in [5, 5.41) is 0. The van der Waals surface area contributed by atoms with Gasteiger partial charge in [-0.25, -0.2) is 9.97 Å². The molecule has 6 nitrogen and oxygen atoms in total. The Morgan fingerprint density at radius 3 is 1.33 bits per heavy atom. The molecule has 2 aromatic carbocycles. The zero-order valence-corrected chi connectivity index (χ0v) is 21.6. The van der Waals surface area contributed by atoms with Crippen LogP contribution < -0.4 is 11.5 Å². The highest BCUT2D eigenvalue weighted by atomic mass is 79.9. The van der Waals surface area contributed by atoms with E-state index < -0.39 is 0 Å². The Labute approximate surface area is 211 Å². The van der Waals surface area contributed by atoms with E-state index in [0.29, 0.717) is 11.9 Å². The molecule has 0 spiro atoms. The highest BCUT2D eigenvalue weighted by Gasteiger charge is 2.11. The lowest BCUT2D eigenvalue weighted by Crippen LogP contribution is -2.06. The lowest BCUT2D eigenvalue weighted by molar-refractivity contribution is 0.541. The molecule has 4 N–H and O–H groups in total. The van der Waals surface area contributed by atoms with E-state index in [0.717, 1.165) is 70.2 Å². The summed E-state index contributed by atoms with van der Waals surface area (Å²) in [6, 6.07) is 16.5. The van der Waals surface area contributed by atoms with Gasteiger partial charge in [0.2, 0.25) is 11.9 Å². The largest absolute Gasteiger partial charge is 0.369 e. The van der Waals surface area contributed by atoms with Gasteiger partial charge in [0, 0.05) is 22.0 Å². The van der Waals surface area contributed by atoms with Crippen LogP contribution in [0.4, 0.5) is 11.9 Å². The second-order valence-electron chi connectivity index (χ2n) is 8.09. The molecule has 0 saturated carbocycles. The standard InChI is InChI=1S/C25H28Br2N6/c26-20-10-6-18(7-11-20)22-16-30-24(28)32(22)14-4-2-1-3-5-15-33-23(17-31-25(33)29)19-8-12-21(27)13-9-19/h6-13,16-17H,1-5,14-15H2,(H2,28,30)(H2,29,31). The first-order valence-electron chi connectivity index (χ1n) is 11.2. The van der Waals surface area contributed by atoms with Crippen LogP contribution in [0.15, 0.2) is 69.9 Å². The van der Waals surface area contributed by atoms with Crippen LogP contribution in [0.3, 0.4) is 0 Å². The van der Waals surface area contributed by atoms with Crippen molar-refractivity contribution in [2.24, 2.45) is 0 Å². The molecule has 0 amide bonds. The average Bonchev–Trinajstić information content (AvgIpc) is 3.36. The Kier molecular flexibility index (Phi) is 7.88. The van der Waals surface area contributed by atoms with Crippen molar-refractivity contribution in [1.82, 2.24) is 19.1 Å². The maximum absolute atomic E-state index is 6.13. The predicted molar refractivity (Wildman–Crippen MR) is 143 cm³/mol. The average molecular weight is 572 g/mol. The summed E-state index contributed by atoms with van der Waals surface area (Å²) in [6.07, 6.45) is 9.33. The fraction of sp³-hybridized carbons (Fsp3) is 0.280.